The van der Waals surface area contributed by atoms with E-state index in [0.717, 1.165) is 15.9 Å². The van der Waals surface area contributed by atoms with Crippen LogP contribution in [-0.2, 0) is 4.79 Å². The second-order valence-corrected chi connectivity index (χ2v) is 9.61. The third-order valence-corrected chi connectivity index (χ3v) is 8.11. The number of hydrogen-bond acceptors (Lipinski definition) is 2. The normalized spacial score (nSPS) is 11.5. The first-order chi connectivity index (χ1) is 13.8. The van der Waals surface area contributed by atoms with Gasteiger partial charge in [0.25, 0.3) is 0 Å². The van der Waals surface area contributed by atoms with Gasteiger partial charge < -0.3 is 0 Å². The summed E-state index contributed by atoms with van der Waals surface area (Å²) >= 11 is 5.68. The van der Waals surface area contributed by atoms with Crippen LogP contribution in [0.2, 0.25) is 0 Å². The van der Waals surface area contributed by atoms with Crippen LogP contribution < -0.4 is 15.9 Å². The zero-order valence-corrected chi connectivity index (χ0v) is 17.1. The maximum atomic E-state index is 12.0. The SMILES string of the molecule is O=C(C=NN=P(c1ccccc1)(c1ccccc1)c1ccccc1)CCCCl. The number of alkyl halides is 1. The highest BCUT2D eigenvalue weighted by molar-refractivity contribution is 7.87. The van der Waals surface area contributed by atoms with Crippen molar-refractivity contribution in [3.05, 3.63) is 91.0 Å². The summed E-state index contributed by atoms with van der Waals surface area (Å²) in [6, 6.07) is 30.6. The Bertz CT molecular complexity index is 870. The van der Waals surface area contributed by atoms with Gasteiger partial charge in [-0.1, -0.05) is 91.0 Å². The summed E-state index contributed by atoms with van der Waals surface area (Å²) in [6.07, 6.45) is 2.36. The topological polar surface area (TPSA) is 41.8 Å². The molecule has 0 spiro atoms. The van der Waals surface area contributed by atoms with E-state index in [2.05, 4.69) is 41.5 Å². The van der Waals surface area contributed by atoms with Crippen molar-refractivity contribution in [1.29, 1.82) is 0 Å². The highest BCUT2D eigenvalue weighted by Crippen LogP contribution is 2.46. The Hall–Kier alpha value is -2.48. The van der Waals surface area contributed by atoms with Gasteiger partial charge in [-0.05, 0) is 6.42 Å². The van der Waals surface area contributed by atoms with Crippen LogP contribution in [0.15, 0.2) is 101 Å². The van der Waals surface area contributed by atoms with Crippen LogP contribution in [0.4, 0.5) is 0 Å². The van der Waals surface area contributed by atoms with Gasteiger partial charge in [0.05, 0.1) is 13.3 Å². The van der Waals surface area contributed by atoms with E-state index in [-0.39, 0.29) is 5.78 Å². The number of rotatable bonds is 8. The van der Waals surface area contributed by atoms with Crippen LogP contribution in [-0.4, -0.2) is 17.9 Å². The molecule has 0 aliphatic heterocycles. The third-order valence-electron chi connectivity index (χ3n) is 4.33. The van der Waals surface area contributed by atoms with Crippen molar-refractivity contribution in [2.75, 3.05) is 5.88 Å². The van der Waals surface area contributed by atoms with Crippen molar-refractivity contribution in [2.24, 2.45) is 9.96 Å². The predicted molar refractivity (Wildman–Crippen MR) is 121 cm³/mol. The minimum Gasteiger partial charge on any atom is -0.293 e. The van der Waals surface area contributed by atoms with Gasteiger partial charge in [-0.25, -0.2) is 0 Å². The lowest BCUT2D eigenvalue weighted by Crippen LogP contribution is -2.25. The standard InChI is InChI=1S/C23H22ClN2OP/c24-18-10-11-20(27)19-25-26-28(21-12-4-1-5-13-21,22-14-6-2-7-15-22)23-16-8-3-9-17-23/h1-9,12-17,19H,10-11,18H2. The van der Waals surface area contributed by atoms with Crippen molar-refractivity contribution in [2.45, 2.75) is 12.8 Å². The first-order valence-corrected chi connectivity index (χ1v) is 11.5. The number of ketones is 1. The van der Waals surface area contributed by atoms with Gasteiger partial charge in [-0.2, -0.15) is 9.96 Å². The first-order valence-electron chi connectivity index (χ1n) is 9.17. The summed E-state index contributed by atoms with van der Waals surface area (Å²) in [5.41, 5.74) is 0. The number of carbonyl (C=O) groups excluding carboxylic acids is 1. The molecule has 3 aromatic carbocycles. The van der Waals surface area contributed by atoms with Gasteiger partial charge in [0.2, 0.25) is 0 Å². The van der Waals surface area contributed by atoms with E-state index >= 15 is 0 Å². The fourth-order valence-electron chi connectivity index (χ4n) is 3.01. The summed E-state index contributed by atoms with van der Waals surface area (Å²) < 4.78 is 0. The summed E-state index contributed by atoms with van der Waals surface area (Å²) in [5.74, 6) is 0.405. The molecule has 0 fully saturated rings. The van der Waals surface area contributed by atoms with Crippen molar-refractivity contribution in [3.63, 3.8) is 0 Å². The van der Waals surface area contributed by atoms with E-state index in [9.17, 15) is 4.79 Å². The minimum atomic E-state index is -2.39. The molecular weight excluding hydrogens is 387 g/mol. The zero-order valence-electron chi connectivity index (χ0n) is 15.5. The maximum absolute atomic E-state index is 12.0. The molecule has 0 atom stereocenters. The molecule has 0 aliphatic carbocycles. The van der Waals surface area contributed by atoms with Gasteiger partial charge in [-0.3, -0.25) is 4.79 Å². The first kappa shape index (κ1) is 20.3. The monoisotopic (exact) mass is 408 g/mol. The van der Waals surface area contributed by atoms with E-state index in [1.54, 1.807) is 0 Å². The molecule has 0 saturated heterocycles. The number of hydrogen-bond donors (Lipinski definition) is 0. The average Bonchev–Trinajstić information content (AvgIpc) is 2.77. The smallest absolute Gasteiger partial charge is 0.175 e. The maximum Gasteiger partial charge on any atom is 0.175 e. The third kappa shape index (κ3) is 4.67. The molecule has 0 N–H and O–H groups in total. The Balaban J connectivity index is 2.21. The van der Waals surface area contributed by atoms with Crippen molar-refractivity contribution in [1.82, 2.24) is 0 Å². The van der Waals surface area contributed by atoms with E-state index in [4.69, 9.17) is 16.5 Å². The quantitative estimate of drug-likeness (QED) is 0.230. The summed E-state index contributed by atoms with van der Waals surface area (Å²) in [4.78, 5) is 16.9. The van der Waals surface area contributed by atoms with E-state index in [1.807, 2.05) is 54.6 Å². The number of nitrogens with zero attached hydrogens (tertiary/aromatic N) is 2. The van der Waals surface area contributed by atoms with Crippen LogP contribution in [0.3, 0.4) is 0 Å². The van der Waals surface area contributed by atoms with Crippen LogP contribution in [0.25, 0.3) is 0 Å². The van der Waals surface area contributed by atoms with Crippen molar-refractivity contribution in [3.8, 4) is 0 Å². The number of halogens is 1. The fraction of sp³-hybridized carbons (Fsp3) is 0.130. The average molecular weight is 409 g/mol. The Morgan fingerprint density at radius 2 is 1.21 bits per heavy atom. The molecule has 3 aromatic rings. The van der Waals surface area contributed by atoms with E-state index in [1.165, 1.54) is 6.21 Å². The molecule has 3 nitrogen and oxygen atoms in total. The van der Waals surface area contributed by atoms with E-state index < -0.39 is 7.05 Å². The van der Waals surface area contributed by atoms with Crippen LogP contribution in [0, 0.1) is 0 Å². The molecule has 5 heteroatoms. The highest BCUT2D eigenvalue weighted by atomic mass is 35.5. The number of benzene rings is 3. The molecule has 0 heterocycles. The van der Waals surface area contributed by atoms with Crippen LogP contribution in [0.5, 0.6) is 0 Å². The highest BCUT2D eigenvalue weighted by Gasteiger charge is 2.27. The molecule has 0 saturated carbocycles. The molecule has 3 rings (SSSR count). The Morgan fingerprint density at radius 3 is 1.61 bits per heavy atom. The summed E-state index contributed by atoms with van der Waals surface area (Å²) in [5, 5.41) is 7.57. The lowest BCUT2D eigenvalue weighted by molar-refractivity contribution is -0.112. The minimum absolute atomic E-state index is 0.0586. The Labute approximate surface area is 171 Å². The van der Waals surface area contributed by atoms with Crippen molar-refractivity contribution < 1.29 is 4.79 Å². The van der Waals surface area contributed by atoms with Crippen LogP contribution in [0.1, 0.15) is 12.8 Å². The van der Waals surface area contributed by atoms with Gasteiger partial charge in [-0.15, -0.1) is 11.6 Å². The second kappa shape index (κ2) is 10.2. The van der Waals surface area contributed by atoms with E-state index in [0.29, 0.717) is 18.7 Å². The van der Waals surface area contributed by atoms with Gasteiger partial charge in [0, 0.05) is 28.2 Å². The fourth-order valence-corrected chi connectivity index (χ4v) is 6.36. The lowest BCUT2D eigenvalue weighted by atomic mass is 10.2. The molecule has 0 aliphatic rings. The van der Waals surface area contributed by atoms with Gasteiger partial charge >= 0.3 is 0 Å². The largest absolute Gasteiger partial charge is 0.293 e. The van der Waals surface area contributed by atoms with Crippen molar-refractivity contribution >= 4 is 46.6 Å². The van der Waals surface area contributed by atoms with Gasteiger partial charge in [0.1, 0.15) is 0 Å². The molecule has 0 radical (unpaired) electrons. The summed E-state index contributed by atoms with van der Waals surface area (Å²) in [6.45, 7) is 0. The Kier molecular flexibility index (Phi) is 7.36. The second-order valence-electron chi connectivity index (χ2n) is 6.23. The molecule has 0 amide bonds. The number of carbonyl (C=O) groups is 1. The lowest BCUT2D eigenvalue weighted by Gasteiger charge is -2.25. The molecular formula is C23H22ClN2OP. The molecule has 142 valence electrons. The summed E-state index contributed by atoms with van der Waals surface area (Å²) in [7, 11) is -2.39. The molecule has 0 aromatic heterocycles. The molecule has 0 unspecified atom stereocenters. The zero-order chi connectivity index (χ0) is 19.7. The Morgan fingerprint density at radius 1 is 0.786 bits per heavy atom. The molecule has 0 bridgehead atoms. The number of Topliss-reactive ketones (excluding diaryl/α,β-unsaturated/α-hetero) is 1. The predicted octanol–water partition coefficient (Wildman–Crippen LogP) is 4.74. The van der Waals surface area contributed by atoms with Gasteiger partial charge in [0.15, 0.2) is 5.78 Å². The van der Waals surface area contributed by atoms with Crippen LogP contribution >= 0.6 is 18.7 Å². The molecule has 28 heavy (non-hydrogen) atoms.